The fourth-order valence-corrected chi connectivity index (χ4v) is 4.22. The molecule has 0 aliphatic carbocycles. The zero-order valence-corrected chi connectivity index (χ0v) is 20.8. The molecule has 0 fully saturated rings. The van der Waals surface area contributed by atoms with Crippen LogP contribution in [0, 0.1) is 11.8 Å². The van der Waals surface area contributed by atoms with Gasteiger partial charge < -0.3 is 14.4 Å². The summed E-state index contributed by atoms with van der Waals surface area (Å²) < 4.78 is 10.7. The van der Waals surface area contributed by atoms with Crippen molar-refractivity contribution in [2.75, 3.05) is 20.7 Å². The minimum atomic E-state index is -0.311. The van der Waals surface area contributed by atoms with Crippen LogP contribution in [0.3, 0.4) is 0 Å². The SMILES string of the molecule is CCC(=O)N(C)CCC/C(=C\Cl)C/C=C(\C)C[C@@H](C)C[C@@H](C)[C@H]1CC(OC)=CC(=O)O1. The Morgan fingerprint density at radius 1 is 1.42 bits per heavy atom. The number of rotatable bonds is 13. The van der Waals surface area contributed by atoms with Gasteiger partial charge >= 0.3 is 5.97 Å². The Labute approximate surface area is 193 Å². The standard InChI is InChI=1S/C25H40ClNO4/c1-7-24(28)27(5)12-8-9-21(17-26)11-10-18(2)13-19(3)14-20(4)23-15-22(30-6)16-25(29)31-23/h10,16-17,19-20,23H,7-9,11-15H2,1-6H3/b18-10+,21-17+/t19-,20-,23-/m1/s1. The zero-order valence-electron chi connectivity index (χ0n) is 20.1. The van der Waals surface area contributed by atoms with E-state index < -0.39 is 0 Å². The number of halogens is 1. The van der Waals surface area contributed by atoms with Crippen LogP contribution in [-0.4, -0.2) is 43.6 Å². The van der Waals surface area contributed by atoms with E-state index in [0.29, 0.717) is 24.5 Å². The van der Waals surface area contributed by atoms with Crippen molar-refractivity contribution in [1.82, 2.24) is 4.90 Å². The lowest BCUT2D eigenvalue weighted by atomic mass is 9.87. The topological polar surface area (TPSA) is 55.8 Å². The first-order valence-corrected chi connectivity index (χ1v) is 11.8. The van der Waals surface area contributed by atoms with Gasteiger partial charge in [-0.1, -0.05) is 49.6 Å². The molecule has 1 rings (SSSR count). The van der Waals surface area contributed by atoms with Crippen molar-refractivity contribution in [3.05, 3.63) is 34.6 Å². The van der Waals surface area contributed by atoms with Gasteiger partial charge in [-0.15, -0.1) is 0 Å². The molecule has 6 heteroatoms. The Morgan fingerprint density at radius 2 is 2.13 bits per heavy atom. The van der Waals surface area contributed by atoms with Crippen molar-refractivity contribution >= 4 is 23.5 Å². The lowest BCUT2D eigenvalue weighted by Gasteiger charge is -2.29. The van der Waals surface area contributed by atoms with Crippen LogP contribution >= 0.6 is 11.6 Å². The molecule has 0 aromatic rings. The van der Waals surface area contributed by atoms with Crippen LogP contribution in [0.15, 0.2) is 34.6 Å². The number of esters is 1. The highest BCUT2D eigenvalue weighted by Crippen LogP contribution is 2.29. The first-order chi connectivity index (χ1) is 14.7. The average Bonchev–Trinajstić information content (AvgIpc) is 2.74. The first-order valence-electron chi connectivity index (χ1n) is 11.3. The Balaban J connectivity index is 2.43. The monoisotopic (exact) mass is 453 g/mol. The van der Waals surface area contributed by atoms with Crippen LogP contribution < -0.4 is 0 Å². The first kappa shape index (κ1) is 27.3. The van der Waals surface area contributed by atoms with Gasteiger partial charge in [-0.3, -0.25) is 4.79 Å². The number of nitrogens with zero attached hydrogens (tertiary/aromatic N) is 1. The molecule has 0 spiro atoms. The maximum atomic E-state index is 11.7. The molecule has 0 unspecified atom stereocenters. The average molecular weight is 454 g/mol. The molecule has 176 valence electrons. The molecule has 31 heavy (non-hydrogen) atoms. The van der Waals surface area contributed by atoms with Crippen molar-refractivity contribution in [1.29, 1.82) is 0 Å². The minimum absolute atomic E-state index is 0.123. The molecule has 1 aliphatic heterocycles. The van der Waals surface area contributed by atoms with Gasteiger partial charge in [0.05, 0.1) is 13.2 Å². The van der Waals surface area contributed by atoms with E-state index in [-0.39, 0.29) is 23.9 Å². The van der Waals surface area contributed by atoms with Gasteiger partial charge in [-0.25, -0.2) is 4.79 Å². The lowest BCUT2D eigenvalue weighted by molar-refractivity contribution is -0.148. The molecular formula is C25H40ClNO4. The third-order valence-electron chi connectivity index (χ3n) is 5.88. The van der Waals surface area contributed by atoms with Crippen LogP contribution in [0.25, 0.3) is 0 Å². The predicted molar refractivity (Wildman–Crippen MR) is 127 cm³/mol. The fraction of sp³-hybridized carbons (Fsp3) is 0.680. The Hall–Kier alpha value is -1.75. The number of carbonyl (C=O) groups excluding carboxylic acids is 2. The Morgan fingerprint density at radius 3 is 2.74 bits per heavy atom. The lowest BCUT2D eigenvalue weighted by Crippen LogP contribution is -2.30. The molecule has 0 saturated carbocycles. The summed E-state index contributed by atoms with van der Waals surface area (Å²) in [6.07, 6.45) is 9.38. The van der Waals surface area contributed by atoms with Gasteiger partial charge in [0.25, 0.3) is 0 Å². The number of methoxy groups -OCH3 is 1. The van der Waals surface area contributed by atoms with Crippen molar-refractivity contribution in [2.24, 2.45) is 11.8 Å². The second-order valence-electron chi connectivity index (χ2n) is 8.81. The fourth-order valence-electron chi connectivity index (χ4n) is 4.02. The molecule has 0 N–H and O–H groups in total. The smallest absolute Gasteiger partial charge is 0.334 e. The van der Waals surface area contributed by atoms with E-state index in [2.05, 4.69) is 26.8 Å². The van der Waals surface area contributed by atoms with Crippen molar-refractivity contribution < 1.29 is 19.1 Å². The molecule has 0 aromatic heterocycles. The number of hydrogen-bond acceptors (Lipinski definition) is 4. The van der Waals surface area contributed by atoms with E-state index in [1.165, 1.54) is 17.2 Å². The number of amides is 1. The summed E-state index contributed by atoms with van der Waals surface area (Å²) in [7, 11) is 3.44. The third kappa shape index (κ3) is 10.4. The summed E-state index contributed by atoms with van der Waals surface area (Å²) in [5.74, 6) is 1.32. The number of ether oxygens (including phenoxy) is 2. The van der Waals surface area contributed by atoms with Crippen LogP contribution in [0.2, 0.25) is 0 Å². The summed E-state index contributed by atoms with van der Waals surface area (Å²) in [6, 6.07) is 0. The summed E-state index contributed by atoms with van der Waals surface area (Å²) >= 11 is 6.02. The van der Waals surface area contributed by atoms with E-state index in [4.69, 9.17) is 21.1 Å². The molecule has 1 aliphatic rings. The number of carbonyl (C=O) groups is 2. The Kier molecular flexibility index (Phi) is 12.6. The van der Waals surface area contributed by atoms with Crippen molar-refractivity contribution in [3.8, 4) is 0 Å². The molecule has 0 aromatic carbocycles. The molecule has 5 nitrogen and oxygen atoms in total. The van der Waals surface area contributed by atoms with Crippen molar-refractivity contribution in [3.63, 3.8) is 0 Å². The molecule has 0 radical (unpaired) electrons. The number of cyclic esters (lactones) is 1. The van der Waals surface area contributed by atoms with Gasteiger partial charge in [0.15, 0.2) is 0 Å². The minimum Gasteiger partial charge on any atom is -0.501 e. The summed E-state index contributed by atoms with van der Waals surface area (Å²) in [4.78, 5) is 25.2. The summed E-state index contributed by atoms with van der Waals surface area (Å²) in [6.45, 7) is 9.18. The predicted octanol–water partition coefficient (Wildman–Crippen LogP) is 5.99. The van der Waals surface area contributed by atoms with Gasteiger partial charge in [-0.2, -0.15) is 0 Å². The van der Waals surface area contributed by atoms with Crippen LogP contribution in [-0.2, 0) is 19.1 Å². The third-order valence-corrected chi connectivity index (χ3v) is 6.19. The van der Waals surface area contributed by atoms with Crippen LogP contribution in [0.4, 0.5) is 0 Å². The maximum Gasteiger partial charge on any atom is 0.334 e. The molecule has 0 bridgehead atoms. The highest BCUT2D eigenvalue weighted by molar-refractivity contribution is 6.25. The number of hydrogen-bond donors (Lipinski definition) is 0. The quantitative estimate of drug-likeness (QED) is 0.254. The normalized spacial score (nSPS) is 19.4. The highest BCUT2D eigenvalue weighted by Gasteiger charge is 2.28. The molecular weight excluding hydrogens is 414 g/mol. The van der Waals surface area contributed by atoms with Gasteiger partial charge in [0.1, 0.15) is 11.9 Å². The summed E-state index contributed by atoms with van der Waals surface area (Å²) in [5, 5.41) is 0. The summed E-state index contributed by atoms with van der Waals surface area (Å²) in [5.41, 5.74) is 4.20. The van der Waals surface area contributed by atoms with E-state index in [9.17, 15) is 9.59 Å². The van der Waals surface area contributed by atoms with Crippen molar-refractivity contribution in [2.45, 2.75) is 78.7 Å². The Bertz CT molecular complexity index is 683. The molecule has 1 heterocycles. The van der Waals surface area contributed by atoms with Crippen LogP contribution in [0.1, 0.15) is 72.6 Å². The molecule has 1 amide bonds. The molecule has 0 saturated heterocycles. The van der Waals surface area contributed by atoms with Gasteiger partial charge in [0, 0.05) is 32.0 Å². The van der Waals surface area contributed by atoms with Crippen LogP contribution in [0.5, 0.6) is 0 Å². The van der Waals surface area contributed by atoms with Gasteiger partial charge in [-0.05, 0) is 50.9 Å². The highest BCUT2D eigenvalue weighted by atomic mass is 35.5. The van der Waals surface area contributed by atoms with Gasteiger partial charge in [0.2, 0.25) is 5.91 Å². The zero-order chi connectivity index (χ0) is 23.4. The van der Waals surface area contributed by atoms with E-state index in [1.54, 1.807) is 17.5 Å². The second-order valence-corrected chi connectivity index (χ2v) is 9.03. The number of allylic oxidation sites excluding steroid dienone is 3. The second kappa shape index (κ2) is 14.3. The maximum absolute atomic E-state index is 11.7. The van der Waals surface area contributed by atoms with E-state index in [0.717, 1.165) is 38.6 Å². The largest absolute Gasteiger partial charge is 0.501 e. The molecule has 3 atom stereocenters. The van der Waals surface area contributed by atoms with E-state index >= 15 is 0 Å². The van der Waals surface area contributed by atoms with E-state index in [1.807, 2.05) is 14.0 Å².